The summed E-state index contributed by atoms with van der Waals surface area (Å²) in [5, 5.41) is 0. The number of ether oxygens (including phenoxy) is 3. The highest BCUT2D eigenvalue weighted by Crippen LogP contribution is 2.16. The topological polar surface area (TPSA) is 78.9 Å². The summed E-state index contributed by atoms with van der Waals surface area (Å²) in [6.07, 6.45) is 58.5. The molecule has 1 atom stereocenters. The number of hydrogen-bond acceptors (Lipinski definition) is 6. The molecule has 356 valence electrons. The first-order chi connectivity index (χ1) is 30.0. The van der Waals surface area contributed by atoms with Crippen LogP contribution in [0.4, 0.5) is 0 Å². The van der Waals surface area contributed by atoms with Crippen LogP contribution in [0, 0.1) is 0 Å². The van der Waals surface area contributed by atoms with Crippen LogP contribution < -0.4 is 0 Å². The summed E-state index contributed by atoms with van der Waals surface area (Å²) in [5.74, 6) is -0.900. The zero-order valence-electron chi connectivity index (χ0n) is 40.7. The maximum absolute atomic E-state index is 12.8. The Morgan fingerprint density at radius 2 is 0.639 bits per heavy atom. The van der Waals surface area contributed by atoms with Gasteiger partial charge in [-0.2, -0.15) is 0 Å². The smallest absolute Gasteiger partial charge is 0.306 e. The van der Waals surface area contributed by atoms with E-state index in [0.29, 0.717) is 19.3 Å². The molecule has 6 heteroatoms. The van der Waals surface area contributed by atoms with E-state index in [1.54, 1.807) is 0 Å². The molecule has 0 radical (unpaired) electrons. The number of carbonyl (C=O) groups is 3. The molecule has 0 fully saturated rings. The SMILES string of the molecule is CC/C=C\C/C=C\CCCCCCCC(=O)OCC(COC(=O)CCCCCCCCCCCCCCCCCCC)OC(=O)CCCCC/C=C\CCCCCCCCC. The van der Waals surface area contributed by atoms with E-state index in [9.17, 15) is 14.4 Å². The zero-order valence-corrected chi connectivity index (χ0v) is 40.7. The van der Waals surface area contributed by atoms with Gasteiger partial charge in [-0.1, -0.05) is 224 Å². The lowest BCUT2D eigenvalue weighted by Crippen LogP contribution is -2.30. The minimum Gasteiger partial charge on any atom is -0.462 e. The molecule has 0 aromatic heterocycles. The first-order valence-corrected chi connectivity index (χ1v) is 26.5. The largest absolute Gasteiger partial charge is 0.462 e. The normalized spacial score (nSPS) is 12.2. The van der Waals surface area contributed by atoms with Crippen molar-refractivity contribution in [3.63, 3.8) is 0 Å². The van der Waals surface area contributed by atoms with Crippen LogP contribution in [-0.2, 0) is 28.6 Å². The Morgan fingerprint density at radius 1 is 0.344 bits per heavy atom. The maximum Gasteiger partial charge on any atom is 0.306 e. The van der Waals surface area contributed by atoms with Crippen LogP contribution in [-0.4, -0.2) is 37.2 Å². The number of esters is 3. The van der Waals surface area contributed by atoms with Gasteiger partial charge in [0.25, 0.3) is 0 Å². The average molecular weight is 857 g/mol. The van der Waals surface area contributed by atoms with Crippen molar-refractivity contribution in [1.82, 2.24) is 0 Å². The molecule has 0 heterocycles. The zero-order chi connectivity index (χ0) is 44.4. The molecular formula is C55H100O6. The molecule has 0 aliphatic rings. The molecule has 1 unspecified atom stereocenters. The van der Waals surface area contributed by atoms with Crippen molar-refractivity contribution in [2.45, 2.75) is 284 Å². The quantitative estimate of drug-likeness (QED) is 0.0262. The van der Waals surface area contributed by atoms with Gasteiger partial charge >= 0.3 is 17.9 Å². The standard InChI is InChI=1S/C55H100O6/c1-4-7-10-13-16-19-22-25-27-28-29-31-33-36-39-42-45-48-54(57)60-51-52(50-59-53(56)47-44-41-38-35-32-24-21-18-15-12-9-6-3)61-55(58)49-46-43-40-37-34-30-26-23-20-17-14-11-8-5-2/h9,12,18,21,30,34,52H,4-8,10-11,13-17,19-20,22-29,31-33,35-51H2,1-3H3/b12-9-,21-18-,34-30-. The molecule has 0 amide bonds. The Labute approximate surface area is 378 Å². The molecule has 6 nitrogen and oxygen atoms in total. The minimum absolute atomic E-state index is 0.0797. The molecule has 0 aromatic carbocycles. The lowest BCUT2D eigenvalue weighted by molar-refractivity contribution is -0.167. The lowest BCUT2D eigenvalue weighted by atomic mass is 10.0. The first kappa shape index (κ1) is 58.6. The Hall–Kier alpha value is -2.37. The second kappa shape index (κ2) is 50.3. The molecule has 0 rings (SSSR count). The van der Waals surface area contributed by atoms with Gasteiger partial charge in [0.05, 0.1) is 0 Å². The highest BCUT2D eigenvalue weighted by Gasteiger charge is 2.19. The molecule has 0 aliphatic heterocycles. The van der Waals surface area contributed by atoms with Crippen molar-refractivity contribution in [2.24, 2.45) is 0 Å². The van der Waals surface area contributed by atoms with Crippen LogP contribution >= 0.6 is 0 Å². The fourth-order valence-corrected chi connectivity index (χ4v) is 7.65. The number of hydrogen-bond donors (Lipinski definition) is 0. The summed E-state index contributed by atoms with van der Waals surface area (Å²) < 4.78 is 16.8. The molecular weight excluding hydrogens is 757 g/mol. The second-order valence-corrected chi connectivity index (χ2v) is 17.8. The number of allylic oxidation sites excluding steroid dienone is 6. The van der Waals surface area contributed by atoms with E-state index in [1.807, 2.05) is 0 Å². The number of carbonyl (C=O) groups excluding carboxylic acids is 3. The van der Waals surface area contributed by atoms with Gasteiger partial charge in [-0.05, 0) is 70.6 Å². The molecule has 0 aromatic rings. The predicted octanol–water partition coefficient (Wildman–Crippen LogP) is 17.3. The van der Waals surface area contributed by atoms with E-state index in [1.165, 1.54) is 141 Å². The van der Waals surface area contributed by atoms with E-state index >= 15 is 0 Å². The first-order valence-electron chi connectivity index (χ1n) is 26.5. The number of rotatable bonds is 48. The van der Waals surface area contributed by atoms with E-state index < -0.39 is 6.10 Å². The number of unbranched alkanes of at least 4 members (excludes halogenated alkanes) is 31. The van der Waals surface area contributed by atoms with Crippen molar-refractivity contribution in [3.8, 4) is 0 Å². The molecule has 0 N–H and O–H groups in total. The minimum atomic E-state index is -0.781. The Bertz CT molecular complexity index is 1030. The Kier molecular flexibility index (Phi) is 48.3. The predicted molar refractivity (Wildman–Crippen MR) is 261 cm³/mol. The van der Waals surface area contributed by atoms with Gasteiger partial charge in [0.2, 0.25) is 0 Å². The summed E-state index contributed by atoms with van der Waals surface area (Å²) >= 11 is 0. The highest BCUT2D eigenvalue weighted by molar-refractivity contribution is 5.71. The molecule has 0 aliphatic carbocycles. The maximum atomic E-state index is 12.8. The van der Waals surface area contributed by atoms with E-state index in [2.05, 4.69) is 57.2 Å². The summed E-state index contributed by atoms with van der Waals surface area (Å²) in [7, 11) is 0. The van der Waals surface area contributed by atoms with Crippen LogP contribution in [0.5, 0.6) is 0 Å². The fraction of sp³-hybridized carbons (Fsp3) is 0.836. The fourth-order valence-electron chi connectivity index (χ4n) is 7.65. The van der Waals surface area contributed by atoms with Crippen molar-refractivity contribution in [3.05, 3.63) is 36.5 Å². The van der Waals surface area contributed by atoms with Gasteiger partial charge in [-0.15, -0.1) is 0 Å². The van der Waals surface area contributed by atoms with Crippen molar-refractivity contribution >= 4 is 17.9 Å². The summed E-state index contributed by atoms with van der Waals surface area (Å²) in [4.78, 5) is 38.0. The molecule has 0 saturated carbocycles. The molecule has 0 saturated heterocycles. The third-order valence-corrected chi connectivity index (χ3v) is 11.6. The van der Waals surface area contributed by atoms with E-state index in [-0.39, 0.29) is 31.1 Å². The molecule has 0 bridgehead atoms. The third-order valence-electron chi connectivity index (χ3n) is 11.6. The summed E-state index contributed by atoms with van der Waals surface area (Å²) in [5.41, 5.74) is 0. The van der Waals surface area contributed by atoms with Crippen molar-refractivity contribution in [2.75, 3.05) is 13.2 Å². The van der Waals surface area contributed by atoms with Gasteiger partial charge < -0.3 is 14.2 Å². The van der Waals surface area contributed by atoms with Gasteiger partial charge in [0, 0.05) is 19.3 Å². The van der Waals surface area contributed by atoms with E-state index in [0.717, 1.165) is 96.3 Å². The average Bonchev–Trinajstić information content (AvgIpc) is 3.26. The Balaban J connectivity index is 4.35. The van der Waals surface area contributed by atoms with Crippen LogP contribution in [0.1, 0.15) is 278 Å². The molecule has 0 spiro atoms. The lowest BCUT2D eigenvalue weighted by Gasteiger charge is -2.18. The Morgan fingerprint density at radius 3 is 1.02 bits per heavy atom. The monoisotopic (exact) mass is 857 g/mol. The highest BCUT2D eigenvalue weighted by atomic mass is 16.6. The summed E-state index contributed by atoms with van der Waals surface area (Å²) in [6.45, 7) is 6.53. The van der Waals surface area contributed by atoms with Crippen LogP contribution in [0.25, 0.3) is 0 Å². The second-order valence-electron chi connectivity index (χ2n) is 17.8. The van der Waals surface area contributed by atoms with E-state index in [4.69, 9.17) is 14.2 Å². The van der Waals surface area contributed by atoms with Gasteiger partial charge in [0.15, 0.2) is 6.10 Å². The van der Waals surface area contributed by atoms with Crippen LogP contribution in [0.2, 0.25) is 0 Å². The van der Waals surface area contributed by atoms with Crippen molar-refractivity contribution in [1.29, 1.82) is 0 Å². The van der Waals surface area contributed by atoms with Gasteiger partial charge in [0.1, 0.15) is 13.2 Å². The third kappa shape index (κ3) is 48.5. The summed E-state index contributed by atoms with van der Waals surface area (Å²) in [6, 6.07) is 0. The van der Waals surface area contributed by atoms with Gasteiger partial charge in [-0.3, -0.25) is 14.4 Å². The van der Waals surface area contributed by atoms with Gasteiger partial charge in [-0.25, -0.2) is 0 Å². The van der Waals surface area contributed by atoms with Crippen LogP contribution in [0.3, 0.4) is 0 Å². The molecule has 61 heavy (non-hydrogen) atoms. The van der Waals surface area contributed by atoms with Crippen molar-refractivity contribution < 1.29 is 28.6 Å². The van der Waals surface area contributed by atoms with Crippen LogP contribution in [0.15, 0.2) is 36.5 Å².